The first-order chi connectivity index (χ1) is 10.6. The van der Waals surface area contributed by atoms with Crippen molar-refractivity contribution in [2.24, 2.45) is 5.92 Å². The lowest BCUT2D eigenvalue weighted by Crippen LogP contribution is -2.30. The summed E-state index contributed by atoms with van der Waals surface area (Å²) >= 11 is 0. The zero-order chi connectivity index (χ0) is 16.4. The zero-order valence-electron chi connectivity index (χ0n) is 13.6. The minimum absolute atomic E-state index is 0.181. The van der Waals surface area contributed by atoms with Gasteiger partial charge in [0.1, 0.15) is 11.5 Å². The number of hydrogen-bond donors (Lipinski definition) is 0. The van der Waals surface area contributed by atoms with Crippen molar-refractivity contribution in [1.29, 1.82) is 0 Å². The number of methoxy groups -OCH3 is 2. The fourth-order valence-corrected chi connectivity index (χ4v) is 4.69. The van der Waals surface area contributed by atoms with Crippen LogP contribution in [-0.2, 0) is 34.8 Å². The molecule has 0 aliphatic heterocycles. The minimum Gasteiger partial charge on any atom is -0.469 e. The molecule has 0 atom stereocenters. The van der Waals surface area contributed by atoms with Gasteiger partial charge in [0, 0.05) is 5.92 Å². The summed E-state index contributed by atoms with van der Waals surface area (Å²) in [7, 11) is 2.47. The van der Waals surface area contributed by atoms with Gasteiger partial charge < -0.3 is 9.47 Å². The van der Waals surface area contributed by atoms with Crippen LogP contribution in [0.4, 0.5) is 0 Å². The Bertz CT molecular complexity index is 357. The van der Waals surface area contributed by atoms with E-state index in [2.05, 4.69) is 9.47 Å². The molecule has 1 aliphatic carbocycles. The van der Waals surface area contributed by atoms with Gasteiger partial charge in [0.15, 0.2) is 11.5 Å². The van der Waals surface area contributed by atoms with Crippen molar-refractivity contribution in [3.63, 3.8) is 0 Å². The largest absolute Gasteiger partial charge is 0.469 e. The Hall–Kier alpha value is -1.04. The highest BCUT2D eigenvalue weighted by Gasteiger charge is 2.30. The van der Waals surface area contributed by atoms with Crippen LogP contribution in [0.15, 0.2) is 0 Å². The van der Waals surface area contributed by atoms with Gasteiger partial charge in [0.05, 0.1) is 27.1 Å². The smallest absolute Gasteiger partial charge is 0.310 e. The Morgan fingerprint density at radius 1 is 0.909 bits per heavy atom. The molecule has 0 aromatic rings. The summed E-state index contributed by atoms with van der Waals surface area (Å²) in [5, 5.41) is 0. The number of hydrogen-bond acceptors (Lipinski definition) is 5. The summed E-state index contributed by atoms with van der Waals surface area (Å²) in [5.41, 5.74) is 0. The number of ether oxygens (including phenoxy) is 2. The molecule has 0 heterocycles. The average Bonchev–Trinajstić information content (AvgIpc) is 2.57. The summed E-state index contributed by atoms with van der Waals surface area (Å²) in [6.07, 6.45) is 6.08. The van der Waals surface area contributed by atoms with E-state index in [-0.39, 0.29) is 28.8 Å². The molecule has 1 fully saturated rings. The van der Waals surface area contributed by atoms with Gasteiger partial charge in [-0.3, -0.25) is 14.4 Å². The van der Waals surface area contributed by atoms with Gasteiger partial charge >= 0.3 is 11.9 Å². The van der Waals surface area contributed by atoms with Crippen molar-refractivity contribution in [3.8, 4) is 0 Å². The Labute approximate surface area is 135 Å². The fourth-order valence-electron chi connectivity index (χ4n) is 2.65. The zero-order valence-corrected chi connectivity index (χ0v) is 14.4. The number of carbonyl (C=O) groups is 3. The summed E-state index contributed by atoms with van der Waals surface area (Å²) in [4.78, 5) is 35.0. The van der Waals surface area contributed by atoms with E-state index in [1.807, 2.05) is 0 Å². The van der Waals surface area contributed by atoms with Crippen LogP contribution < -0.4 is 0 Å². The monoisotopic (exact) mass is 331 g/mol. The highest BCUT2D eigenvalue weighted by Crippen LogP contribution is 2.25. The van der Waals surface area contributed by atoms with Gasteiger partial charge in [0.25, 0.3) is 0 Å². The third-order valence-corrected chi connectivity index (χ3v) is 6.31. The van der Waals surface area contributed by atoms with Crippen LogP contribution in [-0.4, -0.2) is 49.2 Å². The van der Waals surface area contributed by atoms with Crippen LogP contribution in [0.5, 0.6) is 0 Å². The second kappa shape index (κ2) is 10.6. The molecule has 0 spiro atoms. The Kier molecular flexibility index (Phi) is 9.20. The van der Waals surface area contributed by atoms with Crippen LogP contribution in [0.3, 0.4) is 0 Å². The summed E-state index contributed by atoms with van der Waals surface area (Å²) < 4.78 is 9.32. The van der Waals surface area contributed by atoms with Gasteiger partial charge in [-0.15, -0.1) is 0 Å². The maximum Gasteiger partial charge on any atom is 0.310 e. The summed E-state index contributed by atoms with van der Waals surface area (Å²) in [5.74, 6) is 1.67. The predicted octanol–water partition coefficient (Wildman–Crippen LogP) is 1.88. The van der Waals surface area contributed by atoms with E-state index in [1.54, 1.807) is 0 Å². The van der Waals surface area contributed by atoms with Gasteiger partial charge in [-0.1, -0.05) is 19.3 Å². The average molecular weight is 331 g/mol. The first-order valence-corrected chi connectivity index (χ1v) is 9.60. The van der Waals surface area contributed by atoms with Gasteiger partial charge in [-0.25, -0.2) is 0 Å². The lowest BCUT2D eigenvalue weighted by Gasteiger charge is -2.20. The highest BCUT2D eigenvalue weighted by atomic mass is 32.2. The molecule has 1 rings (SSSR count). The maximum absolute atomic E-state index is 12.4. The van der Waals surface area contributed by atoms with Crippen molar-refractivity contribution in [2.45, 2.75) is 44.9 Å². The second-order valence-electron chi connectivity index (χ2n) is 5.62. The van der Waals surface area contributed by atoms with Crippen molar-refractivity contribution >= 4 is 28.6 Å². The molecular formula is C16H27O5S+. The van der Waals surface area contributed by atoms with Crippen molar-refractivity contribution in [2.75, 3.05) is 31.5 Å². The van der Waals surface area contributed by atoms with Gasteiger partial charge in [-0.05, 0) is 23.7 Å². The summed E-state index contributed by atoms with van der Waals surface area (Å²) in [6, 6.07) is 0. The van der Waals surface area contributed by atoms with E-state index in [4.69, 9.17) is 0 Å². The first kappa shape index (κ1) is 19.0. The topological polar surface area (TPSA) is 69.7 Å². The van der Waals surface area contributed by atoms with Gasteiger partial charge in [0.2, 0.25) is 0 Å². The van der Waals surface area contributed by atoms with E-state index in [0.29, 0.717) is 35.9 Å². The quantitative estimate of drug-likeness (QED) is 0.476. The number of esters is 2. The molecule has 0 N–H and O–H groups in total. The second-order valence-corrected chi connectivity index (χ2v) is 7.95. The molecule has 0 unspecified atom stereocenters. The molecule has 0 aromatic carbocycles. The summed E-state index contributed by atoms with van der Waals surface area (Å²) in [6.45, 7) is 0. The third kappa shape index (κ3) is 7.29. The van der Waals surface area contributed by atoms with E-state index in [1.165, 1.54) is 20.6 Å². The molecule has 1 aliphatic rings. The van der Waals surface area contributed by atoms with Crippen LogP contribution >= 0.6 is 0 Å². The lowest BCUT2D eigenvalue weighted by atomic mass is 9.87. The van der Waals surface area contributed by atoms with Gasteiger partial charge in [-0.2, -0.15) is 0 Å². The standard InChI is InChI=1S/C16H27O5S/c1-20-15(18)8-10-22(11-9-16(19)21-2)12-14(17)13-6-4-3-5-7-13/h13H,3-12H2,1-2H3/q+1. The predicted molar refractivity (Wildman–Crippen MR) is 86.8 cm³/mol. The SMILES string of the molecule is COC(=O)CC[S+](CCC(=O)OC)CC(=O)C1CCCCC1. The van der Waals surface area contributed by atoms with Crippen LogP contribution in [0.2, 0.25) is 0 Å². The van der Waals surface area contributed by atoms with E-state index in [9.17, 15) is 14.4 Å². The molecule has 6 heteroatoms. The van der Waals surface area contributed by atoms with Crippen molar-refractivity contribution < 1.29 is 23.9 Å². The minimum atomic E-state index is -0.263. The Morgan fingerprint density at radius 3 is 1.86 bits per heavy atom. The molecular weight excluding hydrogens is 304 g/mol. The van der Waals surface area contributed by atoms with Crippen LogP contribution in [0.1, 0.15) is 44.9 Å². The molecule has 0 bridgehead atoms. The molecule has 0 saturated heterocycles. The molecule has 1 saturated carbocycles. The highest BCUT2D eigenvalue weighted by molar-refractivity contribution is 7.97. The van der Waals surface area contributed by atoms with E-state index in [0.717, 1.165) is 25.7 Å². The molecule has 22 heavy (non-hydrogen) atoms. The molecule has 0 aromatic heterocycles. The first-order valence-electron chi connectivity index (χ1n) is 7.87. The molecule has 0 radical (unpaired) electrons. The normalized spacial score (nSPS) is 15.6. The third-order valence-electron chi connectivity index (χ3n) is 4.05. The van der Waals surface area contributed by atoms with Crippen LogP contribution in [0, 0.1) is 5.92 Å². The number of Topliss-reactive ketones (excluding diaryl/α,β-unsaturated/α-hetero) is 1. The Balaban J connectivity index is 2.48. The lowest BCUT2D eigenvalue weighted by molar-refractivity contribution is -0.140. The van der Waals surface area contributed by atoms with E-state index < -0.39 is 0 Å². The van der Waals surface area contributed by atoms with Crippen molar-refractivity contribution in [3.05, 3.63) is 0 Å². The molecule has 5 nitrogen and oxygen atoms in total. The number of carbonyl (C=O) groups excluding carboxylic acids is 3. The maximum atomic E-state index is 12.4. The van der Waals surface area contributed by atoms with Crippen molar-refractivity contribution in [1.82, 2.24) is 0 Å². The van der Waals surface area contributed by atoms with E-state index >= 15 is 0 Å². The fraction of sp³-hybridized carbons (Fsp3) is 0.812. The Morgan fingerprint density at radius 2 is 1.41 bits per heavy atom. The molecule has 126 valence electrons. The number of ketones is 1. The van der Waals surface area contributed by atoms with Crippen LogP contribution in [0.25, 0.3) is 0 Å². The molecule has 0 amide bonds. The number of rotatable bonds is 9.